The van der Waals surface area contributed by atoms with Crippen molar-refractivity contribution in [3.63, 3.8) is 0 Å². The molecule has 2 aliphatic rings. The van der Waals surface area contributed by atoms with E-state index in [1.165, 1.54) is 11.1 Å². The van der Waals surface area contributed by atoms with Crippen molar-refractivity contribution >= 4 is 39.9 Å². The van der Waals surface area contributed by atoms with Crippen LogP contribution in [0.5, 0.6) is 5.75 Å². The molecule has 4 heterocycles. The van der Waals surface area contributed by atoms with Gasteiger partial charge in [0.05, 0.1) is 23.9 Å². The molecule has 36 heavy (non-hydrogen) atoms. The maximum Gasteiger partial charge on any atom is 0.350 e. The highest BCUT2D eigenvalue weighted by Gasteiger charge is 2.48. The number of hydrogen-bond donors (Lipinski definition) is 1. The lowest BCUT2D eigenvalue weighted by molar-refractivity contribution is -0.132. The van der Waals surface area contributed by atoms with E-state index in [4.69, 9.17) is 9.47 Å². The Morgan fingerprint density at radius 1 is 1.31 bits per heavy atom. The predicted molar refractivity (Wildman–Crippen MR) is 132 cm³/mol. The number of hydrogen-bond acceptors (Lipinski definition) is 9. The normalized spacial score (nSPS) is 20.4. The molecule has 1 saturated heterocycles. The van der Waals surface area contributed by atoms with Crippen molar-refractivity contribution in [1.82, 2.24) is 9.97 Å². The quantitative estimate of drug-likeness (QED) is 0.239. The molecule has 184 valence electrons. The molecule has 0 saturated carbocycles. The lowest BCUT2D eigenvalue weighted by Crippen LogP contribution is -2.29. The summed E-state index contributed by atoms with van der Waals surface area (Å²) in [7, 11) is 0. The van der Waals surface area contributed by atoms with Gasteiger partial charge in [0.25, 0.3) is 5.78 Å². The largest absolute Gasteiger partial charge is 0.507 e. The Balaban J connectivity index is 1.65. The van der Waals surface area contributed by atoms with Crippen LogP contribution in [0.2, 0.25) is 0 Å². The lowest BCUT2D eigenvalue weighted by atomic mass is 9.95. The first-order chi connectivity index (χ1) is 17.3. The Hall–Kier alpha value is -4.05. The first-order valence-electron chi connectivity index (χ1n) is 11.5. The van der Waals surface area contributed by atoms with Gasteiger partial charge in [0.2, 0.25) is 0 Å². The molecule has 1 fully saturated rings. The fraction of sp³-hybridized carbons (Fsp3) is 0.269. The van der Waals surface area contributed by atoms with Crippen LogP contribution in [-0.4, -0.2) is 45.4 Å². The summed E-state index contributed by atoms with van der Waals surface area (Å²) in [5, 5.41) is 11.5. The Morgan fingerprint density at radius 2 is 2.11 bits per heavy atom. The monoisotopic (exact) mass is 505 g/mol. The number of aryl methyl sites for hydroxylation is 1. The highest BCUT2D eigenvalue weighted by atomic mass is 32.1. The standard InChI is InChI=1S/C26H23N3O6S/c1-4-34-25(33)23-14(3)28-26(36-23)29-20(16-6-5-9-27-12-16)19(22(31)24(29)32)21(30)15-7-8-18-17(11-15)10-13(2)35-18/h5-9,11-13,20,30H,4,10H2,1-3H3/t13-,20+/m0/s1. The zero-order valence-electron chi connectivity index (χ0n) is 19.8. The number of aliphatic hydroxyl groups excluding tert-OH is 1. The number of amides is 1. The number of esters is 1. The summed E-state index contributed by atoms with van der Waals surface area (Å²) >= 11 is 0.961. The highest BCUT2D eigenvalue weighted by Crippen LogP contribution is 2.44. The van der Waals surface area contributed by atoms with Crippen molar-refractivity contribution in [3.05, 3.63) is 75.6 Å². The van der Waals surface area contributed by atoms with E-state index in [1.54, 1.807) is 50.4 Å². The smallest absolute Gasteiger partial charge is 0.350 e. The number of pyridine rings is 1. The van der Waals surface area contributed by atoms with Gasteiger partial charge in [-0.2, -0.15) is 0 Å². The minimum Gasteiger partial charge on any atom is -0.507 e. The molecule has 1 aromatic carbocycles. The van der Waals surface area contributed by atoms with Crippen molar-refractivity contribution in [2.24, 2.45) is 0 Å². The SMILES string of the molecule is CCOC(=O)c1sc(N2C(=O)C(=O)C(=C(O)c3ccc4c(c3)C[C@H](C)O4)[C@H]2c2cccnc2)nc1C. The number of thiazole rings is 1. The number of aromatic nitrogens is 2. The summed E-state index contributed by atoms with van der Waals surface area (Å²) in [6, 6.07) is 7.59. The van der Waals surface area contributed by atoms with E-state index in [1.807, 2.05) is 6.92 Å². The van der Waals surface area contributed by atoms with E-state index in [0.29, 0.717) is 23.2 Å². The fourth-order valence-corrected chi connectivity index (χ4v) is 5.47. The maximum absolute atomic E-state index is 13.3. The van der Waals surface area contributed by atoms with Crippen LogP contribution in [0, 0.1) is 6.92 Å². The molecule has 10 heteroatoms. The van der Waals surface area contributed by atoms with Crippen LogP contribution in [0.25, 0.3) is 5.76 Å². The van der Waals surface area contributed by atoms with Gasteiger partial charge in [0.15, 0.2) is 5.13 Å². The minimum atomic E-state index is -0.984. The number of ether oxygens (including phenoxy) is 2. The molecular weight excluding hydrogens is 482 g/mol. The molecule has 1 amide bonds. The van der Waals surface area contributed by atoms with Gasteiger partial charge >= 0.3 is 11.9 Å². The van der Waals surface area contributed by atoms with Gasteiger partial charge in [-0.1, -0.05) is 17.4 Å². The number of carbonyl (C=O) groups excluding carboxylic acids is 3. The van der Waals surface area contributed by atoms with Crippen molar-refractivity contribution in [2.75, 3.05) is 11.5 Å². The number of Topliss-reactive ketones (excluding diaryl/α,β-unsaturated/α-hetero) is 1. The molecule has 0 radical (unpaired) electrons. The first-order valence-corrected chi connectivity index (χ1v) is 12.3. The average Bonchev–Trinajstić information content (AvgIpc) is 3.51. The zero-order valence-corrected chi connectivity index (χ0v) is 20.7. The van der Waals surface area contributed by atoms with E-state index in [-0.39, 0.29) is 34.1 Å². The molecule has 2 aromatic heterocycles. The van der Waals surface area contributed by atoms with Gasteiger partial charge in [0.1, 0.15) is 22.5 Å². The van der Waals surface area contributed by atoms with Gasteiger partial charge in [-0.05, 0) is 56.2 Å². The molecule has 0 spiro atoms. The van der Waals surface area contributed by atoms with Crippen LogP contribution in [0.15, 0.2) is 48.3 Å². The molecule has 1 N–H and O–H groups in total. The molecule has 2 atom stereocenters. The summed E-state index contributed by atoms with van der Waals surface area (Å²) in [6.45, 7) is 5.47. The number of rotatable bonds is 5. The van der Waals surface area contributed by atoms with E-state index in [2.05, 4.69) is 9.97 Å². The minimum absolute atomic E-state index is 0.0140. The molecule has 0 bridgehead atoms. The molecule has 5 rings (SSSR count). The summed E-state index contributed by atoms with van der Waals surface area (Å²) < 4.78 is 10.8. The van der Waals surface area contributed by atoms with Crippen LogP contribution in [0.4, 0.5) is 5.13 Å². The van der Waals surface area contributed by atoms with E-state index in [9.17, 15) is 19.5 Å². The van der Waals surface area contributed by atoms with E-state index in [0.717, 1.165) is 22.6 Å². The third-order valence-corrected chi connectivity index (χ3v) is 7.20. The van der Waals surface area contributed by atoms with Gasteiger partial charge in [-0.25, -0.2) is 9.78 Å². The van der Waals surface area contributed by atoms with Gasteiger partial charge in [0, 0.05) is 24.4 Å². The van der Waals surface area contributed by atoms with Crippen LogP contribution in [0.3, 0.4) is 0 Å². The number of nitrogens with zero attached hydrogens (tertiary/aromatic N) is 3. The van der Waals surface area contributed by atoms with Gasteiger partial charge < -0.3 is 14.6 Å². The average molecular weight is 506 g/mol. The molecule has 9 nitrogen and oxygen atoms in total. The fourth-order valence-electron chi connectivity index (χ4n) is 4.48. The van der Waals surface area contributed by atoms with Gasteiger partial charge in [-0.3, -0.25) is 19.5 Å². The van der Waals surface area contributed by atoms with Crippen LogP contribution >= 0.6 is 11.3 Å². The van der Waals surface area contributed by atoms with Crippen molar-refractivity contribution in [3.8, 4) is 5.75 Å². The number of benzene rings is 1. The van der Waals surface area contributed by atoms with Crippen molar-refractivity contribution in [2.45, 2.75) is 39.3 Å². The zero-order chi connectivity index (χ0) is 25.6. The van der Waals surface area contributed by atoms with Crippen molar-refractivity contribution < 1.29 is 29.0 Å². The third-order valence-electron chi connectivity index (χ3n) is 6.07. The van der Waals surface area contributed by atoms with Crippen LogP contribution in [0.1, 0.15) is 51.9 Å². The first kappa shape index (κ1) is 23.7. The molecule has 0 aliphatic carbocycles. The summed E-state index contributed by atoms with van der Waals surface area (Å²) in [5.74, 6) is -1.83. The van der Waals surface area contributed by atoms with E-state index >= 15 is 0 Å². The summed E-state index contributed by atoms with van der Waals surface area (Å²) in [5.41, 5.74) is 2.13. The number of anilines is 1. The molecule has 0 unspecified atom stereocenters. The Labute approximate surface area is 211 Å². The van der Waals surface area contributed by atoms with Crippen LogP contribution in [-0.2, 0) is 20.7 Å². The number of carbonyl (C=O) groups is 3. The Kier molecular flexibility index (Phi) is 6.05. The number of ketones is 1. The Morgan fingerprint density at radius 3 is 2.83 bits per heavy atom. The van der Waals surface area contributed by atoms with E-state index < -0.39 is 23.7 Å². The van der Waals surface area contributed by atoms with Crippen molar-refractivity contribution in [1.29, 1.82) is 0 Å². The molecule has 3 aromatic rings. The second-order valence-corrected chi connectivity index (χ2v) is 9.52. The predicted octanol–water partition coefficient (Wildman–Crippen LogP) is 3.97. The number of fused-ring (bicyclic) bond motifs is 1. The summed E-state index contributed by atoms with van der Waals surface area (Å²) in [6.07, 6.45) is 3.79. The highest BCUT2D eigenvalue weighted by molar-refractivity contribution is 7.17. The topological polar surface area (TPSA) is 119 Å². The second kappa shape index (κ2) is 9.19. The maximum atomic E-state index is 13.3. The summed E-state index contributed by atoms with van der Waals surface area (Å²) in [4.78, 5) is 49.0. The lowest BCUT2D eigenvalue weighted by Gasteiger charge is -2.22. The second-order valence-electron chi connectivity index (χ2n) is 8.54. The van der Waals surface area contributed by atoms with Gasteiger partial charge in [-0.15, -0.1) is 0 Å². The number of aliphatic hydroxyl groups is 1. The third kappa shape index (κ3) is 3.93. The van der Waals surface area contributed by atoms with Crippen LogP contribution < -0.4 is 9.64 Å². The Bertz CT molecular complexity index is 1410. The molecular formula is C26H23N3O6S. The molecule has 2 aliphatic heterocycles.